The second kappa shape index (κ2) is 10.8. The molecule has 0 bridgehead atoms. The van der Waals surface area contributed by atoms with Crippen LogP contribution in [0.1, 0.15) is 33.3 Å². The highest BCUT2D eigenvalue weighted by Crippen LogP contribution is 2.34. The predicted octanol–water partition coefficient (Wildman–Crippen LogP) is 0.682. The van der Waals surface area contributed by atoms with Gasteiger partial charge in [0.25, 0.3) is 0 Å². The van der Waals surface area contributed by atoms with E-state index < -0.39 is 27.8 Å². The van der Waals surface area contributed by atoms with Gasteiger partial charge >= 0.3 is 0 Å². The number of aliphatic hydroxyl groups is 2. The summed E-state index contributed by atoms with van der Waals surface area (Å²) >= 11 is 0. The number of fused-ring (bicyclic) bond motifs is 1. The van der Waals surface area contributed by atoms with Crippen molar-refractivity contribution in [2.75, 3.05) is 40.5 Å². The summed E-state index contributed by atoms with van der Waals surface area (Å²) in [6.45, 7) is 6.49. The van der Waals surface area contributed by atoms with Crippen molar-refractivity contribution >= 4 is 15.9 Å². The molecule has 0 radical (unpaired) electrons. The molecule has 0 spiro atoms. The summed E-state index contributed by atoms with van der Waals surface area (Å²) in [6.07, 6.45) is -0.532. The second-order valence-corrected chi connectivity index (χ2v) is 10.8. The third kappa shape index (κ3) is 6.91. The molecule has 1 aliphatic rings. The van der Waals surface area contributed by atoms with Gasteiger partial charge in [0.2, 0.25) is 15.9 Å². The minimum absolute atomic E-state index is 0.0422. The first-order valence-corrected chi connectivity index (χ1v) is 12.2. The van der Waals surface area contributed by atoms with Crippen LogP contribution in [0.25, 0.3) is 0 Å². The first-order valence-electron chi connectivity index (χ1n) is 10.7. The van der Waals surface area contributed by atoms with Crippen LogP contribution in [0.3, 0.4) is 0 Å². The van der Waals surface area contributed by atoms with Gasteiger partial charge in [0.15, 0.2) is 0 Å². The molecule has 1 aromatic carbocycles. The standard InChI is InChI=1S/C23H34N2O7S/c1-16-12-25(17(2)14-26)33(29,30)21-8-7-18(9-10-23(3,4)28)11-19(21)32-20(16)13-24(5)22(27)15-31-6/h7-8,11,16-17,20,26,28H,12-15H2,1-6H3/t16-,17+,20+/m0/s1. The molecule has 0 saturated heterocycles. The van der Waals surface area contributed by atoms with Crippen molar-refractivity contribution in [3.8, 4) is 17.6 Å². The van der Waals surface area contributed by atoms with Gasteiger partial charge in [-0.15, -0.1) is 0 Å². The van der Waals surface area contributed by atoms with Gasteiger partial charge in [-0.3, -0.25) is 4.79 Å². The largest absolute Gasteiger partial charge is 0.487 e. The van der Waals surface area contributed by atoms with Crippen molar-refractivity contribution in [1.82, 2.24) is 9.21 Å². The van der Waals surface area contributed by atoms with Crippen LogP contribution < -0.4 is 4.74 Å². The smallest absolute Gasteiger partial charge is 0.248 e. The second-order valence-electron chi connectivity index (χ2n) is 8.92. The fourth-order valence-electron chi connectivity index (χ4n) is 3.35. The number of aliphatic hydroxyl groups excluding tert-OH is 1. The van der Waals surface area contributed by atoms with Gasteiger partial charge in [-0.25, -0.2) is 8.42 Å². The Morgan fingerprint density at radius 1 is 1.42 bits per heavy atom. The zero-order valence-corrected chi connectivity index (χ0v) is 20.8. The number of methoxy groups -OCH3 is 1. The maximum atomic E-state index is 13.5. The highest BCUT2D eigenvalue weighted by atomic mass is 32.2. The third-order valence-electron chi connectivity index (χ3n) is 5.33. The average Bonchev–Trinajstić information content (AvgIpc) is 2.73. The van der Waals surface area contributed by atoms with Crippen molar-refractivity contribution in [1.29, 1.82) is 0 Å². The molecule has 10 heteroatoms. The Labute approximate surface area is 196 Å². The SMILES string of the molecule is COCC(=O)N(C)C[C@H]1Oc2cc(C#CC(C)(C)O)ccc2S(=O)(=O)N([C@H](C)CO)C[C@@H]1C. The number of carbonyl (C=O) groups is 1. The van der Waals surface area contributed by atoms with Gasteiger partial charge in [0, 0.05) is 38.2 Å². The molecule has 33 heavy (non-hydrogen) atoms. The summed E-state index contributed by atoms with van der Waals surface area (Å²) < 4.78 is 39.3. The highest BCUT2D eigenvalue weighted by molar-refractivity contribution is 7.89. The number of carbonyl (C=O) groups excluding carboxylic acids is 1. The van der Waals surface area contributed by atoms with Gasteiger partial charge < -0.3 is 24.6 Å². The number of hydrogen-bond donors (Lipinski definition) is 2. The van der Waals surface area contributed by atoms with E-state index in [1.807, 2.05) is 6.92 Å². The maximum Gasteiger partial charge on any atom is 0.248 e. The van der Waals surface area contributed by atoms with E-state index in [1.54, 1.807) is 33.9 Å². The Kier molecular flexibility index (Phi) is 8.90. The van der Waals surface area contributed by atoms with Crippen LogP contribution in [0, 0.1) is 17.8 Å². The number of sulfonamides is 1. The van der Waals surface area contributed by atoms with Crippen LogP contribution in [0.15, 0.2) is 23.1 Å². The molecule has 184 valence electrons. The molecule has 0 aromatic heterocycles. The Morgan fingerprint density at radius 3 is 2.67 bits per heavy atom. The van der Waals surface area contributed by atoms with Crippen LogP contribution in [-0.4, -0.2) is 92.0 Å². The highest BCUT2D eigenvalue weighted by Gasteiger charge is 2.38. The van der Waals surface area contributed by atoms with Gasteiger partial charge in [0.05, 0.1) is 13.2 Å². The van der Waals surface area contributed by atoms with Gasteiger partial charge in [-0.05, 0) is 39.0 Å². The molecule has 0 saturated carbocycles. The first kappa shape index (κ1) is 27.1. The number of hydrogen-bond acceptors (Lipinski definition) is 7. The fraction of sp³-hybridized carbons (Fsp3) is 0.609. The van der Waals surface area contributed by atoms with E-state index >= 15 is 0 Å². The lowest BCUT2D eigenvalue weighted by molar-refractivity contribution is -0.135. The minimum Gasteiger partial charge on any atom is -0.487 e. The Bertz CT molecular complexity index is 1010. The number of ether oxygens (including phenoxy) is 2. The molecule has 2 N–H and O–H groups in total. The number of amides is 1. The molecular weight excluding hydrogens is 448 g/mol. The Morgan fingerprint density at radius 2 is 2.09 bits per heavy atom. The summed E-state index contributed by atoms with van der Waals surface area (Å²) in [7, 11) is -0.905. The topological polar surface area (TPSA) is 117 Å². The lowest BCUT2D eigenvalue weighted by atomic mass is 10.0. The summed E-state index contributed by atoms with van der Waals surface area (Å²) in [5.41, 5.74) is -0.741. The van der Waals surface area contributed by atoms with E-state index in [0.717, 1.165) is 0 Å². The molecular formula is C23H34N2O7S. The first-order chi connectivity index (χ1) is 15.3. The molecule has 1 heterocycles. The fourth-order valence-corrected chi connectivity index (χ4v) is 5.18. The maximum absolute atomic E-state index is 13.5. The number of likely N-dealkylation sites (N-methyl/N-ethyl adjacent to an activating group) is 1. The number of nitrogens with zero attached hydrogens (tertiary/aromatic N) is 2. The molecule has 0 fully saturated rings. The van der Waals surface area contributed by atoms with E-state index in [-0.39, 0.29) is 48.8 Å². The predicted molar refractivity (Wildman–Crippen MR) is 123 cm³/mol. The molecule has 0 aliphatic carbocycles. The van der Waals surface area contributed by atoms with Crippen molar-refractivity contribution in [2.45, 2.75) is 50.3 Å². The van der Waals surface area contributed by atoms with Gasteiger partial charge in [0.1, 0.15) is 29.0 Å². The van der Waals surface area contributed by atoms with E-state index in [1.165, 1.54) is 28.4 Å². The molecule has 9 nitrogen and oxygen atoms in total. The molecule has 0 unspecified atom stereocenters. The zero-order chi connectivity index (χ0) is 25.0. The minimum atomic E-state index is -3.97. The molecule has 1 aliphatic heterocycles. The summed E-state index contributed by atoms with van der Waals surface area (Å²) in [5.74, 6) is 5.12. The van der Waals surface area contributed by atoms with Crippen LogP contribution >= 0.6 is 0 Å². The van der Waals surface area contributed by atoms with Gasteiger partial charge in [-0.1, -0.05) is 18.8 Å². The van der Waals surface area contributed by atoms with Crippen molar-refractivity contribution in [2.24, 2.45) is 5.92 Å². The van der Waals surface area contributed by atoms with E-state index in [2.05, 4.69) is 11.8 Å². The molecule has 2 rings (SSSR count). The molecule has 1 amide bonds. The molecule has 1 aromatic rings. The lowest BCUT2D eigenvalue weighted by Gasteiger charge is -2.37. The summed E-state index contributed by atoms with van der Waals surface area (Å²) in [5, 5.41) is 19.6. The van der Waals surface area contributed by atoms with Crippen LogP contribution in [0.4, 0.5) is 0 Å². The van der Waals surface area contributed by atoms with Crippen LogP contribution in [0.5, 0.6) is 5.75 Å². The summed E-state index contributed by atoms with van der Waals surface area (Å²) in [4.78, 5) is 13.7. The van der Waals surface area contributed by atoms with E-state index in [9.17, 15) is 23.4 Å². The summed E-state index contributed by atoms with van der Waals surface area (Å²) in [6, 6.07) is 3.85. The quantitative estimate of drug-likeness (QED) is 0.573. The van der Waals surface area contributed by atoms with Crippen molar-refractivity contribution in [3.63, 3.8) is 0 Å². The average molecular weight is 483 g/mol. The normalized spacial score (nSPS) is 21.5. The number of rotatable bonds is 6. The Balaban J connectivity index is 2.57. The van der Waals surface area contributed by atoms with Crippen LogP contribution in [0.2, 0.25) is 0 Å². The van der Waals surface area contributed by atoms with E-state index in [4.69, 9.17) is 9.47 Å². The van der Waals surface area contributed by atoms with Crippen LogP contribution in [-0.2, 0) is 19.6 Å². The number of benzene rings is 1. The monoisotopic (exact) mass is 482 g/mol. The third-order valence-corrected chi connectivity index (χ3v) is 7.35. The zero-order valence-electron chi connectivity index (χ0n) is 20.0. The Hall–Kier alpha value is -2.16. The van der Waals surface area contributed by atoms with Crippen molar-refractivity contribution < 1.29 is 32.9 Å². The van der Waals surface area contributed by atoms with E-state index in [0.29, 0.717) is 5.56 Å². The van der Waals surface area contributed by atoms with Gasteiger partial charge in [-0.2, -0.15) is 4.31 Å². The lowest BCUT2D eigenvalue weighted by Crippen LogP contribution is -2.50. The van der Waals surface area contributed by atoms with Crippen molar-refractivity contribution in [3.05, 3.63) is 23.8 Å². The molecule has 3 atom stereocenters.